The molecule has 0 aliphatic rings. The van der Waals surface area contributed by atoms with Gasteiger partial charge in [0.05, 0.1) is 6.61 Å². The highest BCUT2D eigenvalue weighted by atomic mass is 28.4. The number of rotatable bonds is 9. The second kappa shape index (κ2) is 9.07. The molecule has 0 rings (SSSR count). The zero-order valence-electron chi connectivity index (χ0n) is 14.5. The first-order valence-electron chi connectivity index (χ1n) is 7.31. The highest BCUT2D eigenvalue weighted by Crippen LogP contribution is 2.14. The predicted molar refractivity (Wildman–Crippen MR) is 92.5 cm³/mol. The standard InChI is InChI=1S/C15H28O5Si2/c1-11(2)14(16)18-10-9-13(19-15(17)12(3)4)21(5)20-22(6,7)8/h13,21H,1,3,9-10H2,2,4-8H3. The molecule has 5 nitrogen and oxygen atoms in total. The first-order valence-corrected chi connectivity index (χ1v) is 13.0. The van der Waals surface area contributed by atoms with Gasteiger partial charge in [-0.05, 0) is 40.0 Å². The van der Waals surface area contributed by atoms with Crippen molar-refractivity contribution in [2.24, 2.45) is 0 Å². The van der Waals surface area contributed by atoms with Crippen LogP contribution in [0.15, 0.2) is 24.3 Å². The van der Waals surface area contributed by atoms with Crippen LogP contribution < -0.4 is 0 Å². The summed E-state index contributed by atoms with van der Waals surface area (Å²) in [6, 6.07) is 0. The summed E-state index contributed by atoms with van der Waals surface area (Å²) < 4.78 is 16.6. The largest absolute Gasteiger partial charge is 0.462 e. The Balaban J connectivity index is 4.71. The van der Waals surface area contributed by atoms with Crippen LogP contribution in [-0.2, 0) is 23.2 Å². The Morgan fingerprint density at radius 1 is 1.09 bits per heavy atom. The van der Waals surface area contributed by atoms with Gasteiger partial charge in [-0.2, -0.15) is 0 Å². The van der Waals surface area contributed by atoms with Crippen LogP contribution in [0.25, 0.3) is 0 Å². The van der Waals surface area contributed by atoms with Crippen molar-refractivity contribution in [1.29, 1.82) is 0 Å². The minimum absolute atomic E-state index is 0.173. The zero-order valence-corrected chi connectivity index (χ0v) is 16.7. The van der Waals surface area contributed by atoms with Crippen molar-refractivity contribution in [3.8, 4) is 0 Å². The SMILES string of the molecule is C=C(C)C(=O)OCCC(OC(=O)C(=C)C)[SiH](C)O[Si](C)(C)C. The molecule has 0 saturated heterocycles. The van der Waals surface area contributed by atoms with Crippen LogP contribution in [0.3, 0.4) is 0 Å². The molecule has 7 heteroatoms. The molecule has 126 valence electrons. The Labute approximate surface area is 136 Å². The lowest BCUT2D eigenvalue weighted by molar-refractivity contribution is -0.143. The monoisotopic (exact) mass is 344 g/mol. The van der Waals surface area contributed by atoms with Crippen molar-refractivity contribution in [3.63, 3.8) is 0 Å². The molecule has 0 aliphatic heterocycles. The van der Waals surface area contributed by atoms with Crippen molar-refractivity contribution in [3.05, 3.63) is 24.3 Å². The maximum Gasteiger partial charge on any atom is 0.333 e. The van der Waals surface area contributed by atoms with Crippen LogP contribution in [0.2, 0.25) is 26.2 Å². The fourth-order valence-electron chi connectivity index (χ4n) is 1.65. The second-order valence-corrected chi connectivity index (χ2v) is 13.7. The molecule has 0 N–H and O–H groups in total. The molecule has 0 saturated carbocycles. The van der Waals surface area contributed by atoms with Gasteiger partial charge in [0.1, 0.15) is 5.73 Å². The van der Waals surface area contributed by atoms with Crippen molar-refractivity contribution < 1.29 is 23.2 Å². The van der Waals surface area contributed by atoms with Crippen LogP contribution in [-0.4, -0.2) is 41.6 Å². The van der Waals surface area contributed by atoms with E-state index in [9.17, 15) is 9.59 Å². The van der Waals surface area contributed by atoms with Crippen LogP contribution in [0.4, 0.5) is 0 Å². The maximum absolute atomic E-state index is 11.8. The van der Waals surface area contributed by atoms with Gasteiger partial charge in [0.15, 0.2) is 8.32 Å². The summed E-state index contributed by atoms with van der Waals surface area (Å²) in [5.41, 5.74) is 0.339. The molecule has 0 aromatic carbocycles. The fourth-order valence-corrected chi connectivity index (χ4v) is 7.64. The van der Waals surface area contributed by atoms with E-state index in [4.69, 9.17) is 13.6 Å². The van der Waals surface area contributed by atoms with Gasteiger partial charge < -0.3 is 13.6 Å². The third kappa shape index (κ3) is 8.96. The molecule has 22 heavy (non-hydrogen) atoms. The first-order chi connectivity index (χ1) is 9.94. The third-order valence-corrected chi connectivity index (χ3v) is 8.49. The van der Waals surface area contributed by atoms with Crippen LogP contribution >= 0.6 is 0 Å². The molecule has 2 atom stereocenters. The number of ether oxygens (including phenoxy) is 2. The van der Waals surface area contributed by atoms with Crippen LogP contribution in [0.1, 0.15) is 20.3 Å². The highest BCUT2D eigenvalue weighted by molar-refractivity contribution is 6.77. The third-order valence-electron chi connectivity index (χ3n) is 2.65. The minimum atomic E-state index is -1.76. The molecule has 0 aliphatic carbocycles. The van der Waals surface area contributed by atoms with E-state index in [0.29, 0.717) is 17.6 Å². The number of hydrogen-bond donors (Lipinski definition) is 0. The summed E-state index contributed by atoms with van der Waals surface area (Å²) >= 11 is 0. The highest BCUT2D eigenvalue weighted by Gasteiger charge is 2.29. The molecule has 0 spiro atoms. The van der Waals surface area contributed by atoms with E-state index < -0.39 is 29.3 Å². The van der Waals surface area contributed by atoms with E-state index in [2.05, 4.69) is 32.8 Å². The van der Waals surface area contributed by atoms with Crippen molar-refractivity contribution in [2.75, 3.05) is 6.61 Å². The Morgan fingerprint density at radius 3 is 2.00 bits per heavy atom. The summed E-state index contributed by atoms with van der Waals surface area (Å²) in [6.07, 6.45) is 0.426. The lowest BCUT2D eigenvalue weighted by atomic mass is 10.3. The molecule has 0 aromatic heterocycles. The quantitative estimate of drug-likeness (QED) is 0.366. The molecule has 0 radical (unpaired) electrons. The smallest absolute Gasteiger partial charge is 0.333 e. The second-order valence-electron chi connectivity index (χ2n) is 6.36. The predicted octanol–water partition coefficient (Wildman–Crippen LogP) is 2.73. The zero-order chi connectivity index (χ0) is 17.5. The molecule has 0 heterocycles. The van der Waals surface area contributed by atoms with Crippen LogP contribution in [0.5, 0.6) is 0 Å². The lowest BCUT2D eigenvalue weighted by Crippen LogP contribution is -2.43. The molecule has 0 amide bonds. The molecule has 0 aromatic rings. The molecule has 0 fully saturated rings. The summed E-state index contributed by atoms with van der Waals surface area (Å²) in [5.74, 6) is -0.875. The Morgan fingerprint density at radius 2 is 1.59 bits per heavy atom. The molecule has 2 unspecified atom stereocenters. The van der Waals surface area contributed by atoms with Gasteiger partial charge in [-0.3, -0.25) is 0 Å². The topological polar surface area (TPSA) is 61.8 Å². The lowest BCUT2D eigenvalue weighted by Gasteiger charge is -2.29. The van der Waals surface area contributed by atoms with Gasteiger partial charge in [-0.15, -0.1) is 0 Å². The van der Waals surface area contributed by atoms with Gasteiger partial charge in [0.25, 0.3) is 0 Å². The van der Waals surface area contributed by atoms with E-state index in [1.807, 2.05) is 6.55 Å². The normalized spacial score (nSPS) is 13.9. The number of carbonyl (C=O) groups is 2. The van der Waals surface area contributed by atoms with Gasteiger partial charge in [-0.25, -0.2) is 9.59 Å². The van der Waals surface area contributed by atoms with Gasteiger partial charge in [-0.1, -0.05) is 13.2 Å². The number of esters is 2. The van der Waals surface area contributed by atoms with Gasteiger partial charge in [0, 0.05) is 17.6 Å². The Hall–Kier alpha value is -1.19. The summed E-state index contributed by atoms with van der Waals surface area (Å²) in [6.45, 7) is 18.8. The van der Waals surface area contributed by atoms with E-state index in [1.165, 1.54) is 0 Å². The summed E-state index contributed by atoms with van der Waals surface area (Å²) in [5, 5.41) is 0. The van der Waals surface area contributed by atoms with Gasteiger partial charge >= 0.3 is 11.9 Å². The van der Waals surface area contributed by atoms with E-state index in [0.717, 1.165) is 0 Å². The fraction of sp³-hybridized carbons (Fsp3) is 0.600. The average Bonchev–Trinajstić information content (AvgIpc) is 2.34. The summed E-state index contributed by atoms with van der Waals surface area (Å²) in [4.78, 5) is 23.2. The van der Waals surface area contributed by atoms with E-state index in [1.54, 1.807) is 13.8 Å². The van der Waals surface area contributed by atoms with Gasteiger partial charge in [0.2, 0.25) is 9.04 Å². The average molecular weight is 345 g/mol. The maximum atomic E-state index is 11.8. The Kier molecular flexibility index (Phi) is 8.58. The van der Waals surface area contributed by atoms with Crippen LogP contribution in [0, 0.1) is 0 Å². The Bertz CT molecular complexity index is 440. The van der Waals surface area contributed by atoms with Crippen molar-refractivity contribution >= 4 is 29.3 Å². The number of hydrogen-bond acceptors (Lipinski definition) is 5. The van der Waals surface area contributed by atoms with E-state index in [-0.39, 0.29) is 12.3 Å². The first kappa shape index (κ1) is 20.8. The summed E-state index contributed by atoms with van der Waals surface area (Å²) in [7, 11) is -3.48. The minimum Gasteiger partial charge on any atom is -0.462 e. The van der Waals surface area contributed by atoms with Crippen molar-refractivity contribution in [1.82, 2.24) is 0 Å². The van der Waals surface area contributed by atoms with E-state index >= 15 is 0 Å². The molecular formula is C15H28O5Si2. The molecular weight excluding hydrogens is 316 g/mol. The molecule has 0 bridgehead atoms. The number of carbonyl (C=O) groups excluding carboxylic acids is 2. The van der Waals surface area contributed by atoms with Crippen molar-refractivity contribution in [2.45, 2.75) is 52.2 Å².